The molecule has 20 heavy (non-hydrogen) atoms. The molecule has 0 amide bonds. The van der Waals surface area contributed by atoms with Crippen LogP contribution >= 0.6 is 11.3 Å². The Morgan fingerprint density at radius 3 is 2.75 bits per heavy atom. The maximum Gasteiger partial charge on any atom is 0.326 e. The molecule has 5 nitrogen and oxygen atoms in total. The van der Waals surface area contributed by atoms with E-state index < -0.39 is 12.0 Å². The number of nitrogens with two attached hydrogens (primary N) is 1. The predicted octanol–water partition coefficient (Wildman–Crippen LogP) is 2.86. The van der Waals surface area contributed by atoms with Gasteiger partial charge >= 0.3 is 5.97 Å². The van der Waals surface area contributed by atoms with Crippen LogP contribution < -0.4 is 11.1 Å². The maximum atomic E-state index is 10.8. The largest absolute Gasteiger partial charge is 0.480 e. The smallest absolute Gasteiger partial charge is 0.326 e. The van der Waals surface area contributed by atoms with Crippen molar-refractivity contribution < 1.29 is 9.90 Å². The summed E-state index contributed by atoms with van der Waals surface area (Å²) < 4.78 is 0. The van der Waals surface area contributed by atoms with Gasteiger partial charge in [0.05, 0.1) is 5.69 Å². The lowest BCUT2D eigenvalue weighted by atomic mass is 9.81. The molecule has 0 radical (unpaired) electrons. The quantitative estimate of drug-likeness (QED) is 0.751. The Balaban J connectivity index is 1.79. The summed E-state index contributed by atoms with van der Waals surface area (Å²) in [5.41, 5.74) is 5.97. The van der Waals surface area contributed by atoms with Gasteiger partial charge in [0.25, 0.3) is 0 Å². The number of aromatic nitrogens is 1. The summed E-state index contributed by atoms with van der Waals surface area (Å²) >= 11 is 1.42. The molecule has 1 aliphatic rings. The Labute approximate surface area is 123 Å². The van der Waals surface area contributed by atoms with Crippen LogP contribution in [0.2, 0.25) is 0 Å². The molecule has 1 unspecified atom stereocenters. The number of hydrogen-bond acceptors (Lipinski definition) is 5. The van der Waals surface area contributed by atoms with Crippen LogP contribution in [-0.2, 0) is 4.79 Å². The zero-order valence-corrected chi connectivity index (χ0v) is 12.7. The van der Waals surface area contributed by atoms with Crippen molar-refractivity contribution in [3.8, 4) is 0 Å². The van der Waals surface area contributed by atoms with Crippen LogP contribution in [0.15, 0.2) is 5.38 Å². The number of carboxylic acid groups (broad SMARTS) is 1. The van der Waals surface area contributed by atoms with E-state index in [4.69, 9.17) is 10.8 Å². The third kappa shape index (κ3) is 3.93. The predicted molar refractivity (Wildman–Crippen MR) is 80.9 cm³/mol. The van der Waals surface area contributed by atoms with E-state index in [2.05, 4.69) is 17.2 Å². The Hall–Kier alpha value is -1.14. The van der Waals surface area contributed by atoms with Gasteiger partial charge < -0.3 is 16.2 Å². The molecule has 2 rings (SSSR count). The van der Waals surface area contributed by atoms with E-state index in [1.165, 1.54) is 43.4 Å². The van der Waals surface area contributed by atoms with Crippen molar-refractivity contribution in [1.29, 1.82) is 0 Å². The SMILES string of the molecule is CCC1CCC(CNc2nc(C(N)C(=O)O)cs2)CC1. The highest BCUT2D eigenvalue weighted by Gasteiger charge is 2.21. The number of carboxylic acids is 1. The van der Waals surface area contributed by atoms with Gasteiger partial charge in [-0.3, -0.25) is 4.79 Å². The molecule has 1 atom stereocenters. The van der Waals surface area contributed by atoms with Gasteiger partial charge in [-0.15, -0.1) is 11.3 Å². The van der Waals surface area contributed by atoms with E-state index in [-0.39, 0.29) is 0 Å². The average molecular weight is 297 g/mol. The second kappa shape index (κ2) is 7.04. The topological polar surface area (TPSA) is 88.2 Å². The summed E-state index contributed by atoms with van der Waals surface area (Å²) in [4.78, 5) is 15.0. The number of thiazole rings is 1. The van der Waals surface area contributed by atoms with Crippen molar-refractivity contribution in [2.24, 2.45) is 17.6 Å². The second-order valence-electron chi connectivity index (χ2n) is 5.57. The van der Waals surface area contributed by atoms with Crippen LogP contribution in [0.5, 0.6) is 0 Å². The summed E-state index contributed by atoms with van der Waals surface area (Å²) in [6, 6.07) is -1.03. The highest BCUT2D eigenvalue weighted by Crippen LogP contribution is 2.31. The zero-order valence-electron chi connectivity index (χ0n) is 11.8. The van der Waals surface area contributed by atoms with Gasteiger partial charge in [0.2, 0.25) is 0 Å². The van der Waals surface area contributed by atoms with Gasteiger partial charge in [-0.05, 0) is 24.7 Å². The molecule has 0 aliphatic heterocycles. The van der Waals surface area contributed by atoms with Gasteiger partial charge in [-0.2, -0.15) is 0 Å². The minimum absolute atomic E-state index is 0.430. The van der Waals surface area contributed by atoms with Crippen molar-refractivity contribution in [3.05, 3.63) is 11.1 Å². The molecular formula is C14H23N3O2S. The first kappa shape index (κ1) is 15.3. The van der Waals surface area contributed by atoms with E-state index in [1.54, 1.807) is 5.38 Å². The minimum Gasteiger partial charge on any atom is -0.480 e. The van der Waals surface area contributed by atoms with Gasteiger partial charge in [0.15, 0.2) is 5.13 Å². The standard InChI is InChI=1S/C14H23N3O2S/c1-2-9-3-5-10(6-4-9)7-16-14-17-11(8-20-14)12(15)13(18)19/h8-10,12H,2-7,15H2,1H3,(H,16,17)(H,18,19). The minimum atomic E-state index is -1.04. The van der Waals surface area contributed by atoms with Crippen molar-refractivity contribution in [2.75, 3.05) is 11.9 Å². The Morgan fingerprint density at radius 1 is 1.50 bits per heavy atom. The molecule has 1 aromatic rings. The molecule has 0 spiro atoms. The van der Waals surface area contributed by atoms with Crippen molar-refractivity contribution in [2.45, 2.75) is 45.1 Å². The van der Waals surface area contributed by atoms with E-state index in [9.17, 15) is 4.79 Å². The Morgan fingerprint density at radius 2 is 2.15 bits per heavy atom. The van der Waals surface area contributed by atoms with Crippen molar-refractivity contribution in [1.82, 2.24) is 4.98 Å². The highest BCUT2D eigenvalue weighted by atomic mass is 32.1. The summed E-state index contributed by atoms with van der Waals surface area (Å²) in [5.74, 6) is 0.573. The second-order valence-corrected chi connectivity index (χ2v) is 6.43. The van der Waals surface area contributed by atoms with Crippen LogP contribution in [0.3, 0.4) is 0 Å². The number of anilines is 1. The molecule has 6 heteroatoms. The number of hydrogen-bond donors (Lipinski definition) is 3. The Bertz CT molecular complexity index is 441. The summed E-state index contributed by atoms with van der Waals surface area (Å²) in [5, 5.41) is 14.7. The van der Waals surface area contributed by atoms with Crippen molar-refractivity contribution in [3.63, 3.8) is 0 Å². The molecule has 0 bridgehead atoms. The van der Waals surface area contributed by atoms with Crippen LogP contribution in [-0.4, -0.2) is 22.6 Å². The van der Waals surface area contributed by atoms with Crippen LogP contribution in [0.1, 0.15) is 50.8 Å². The van der Waals surface area contributed by atoms with Crippen LogP contribution in [0.4, 0.5) is 5.13 Å². The highest BCUT2D eigenvalue weighted by molar-refractivity contribution is 7.13. The Kier molecular flexibility index (Phi) is 5.37. The van der Waals surface area contributed by atoms with E-state index in [0.29, 0.717) is 11.6 Å². The summed E-state index contributed by atoms with van der Waals surface area (Å²) in [6.07, 6.45) is 6.51. The molecule has 1 saturated carbocycles. The molecule has 112 valence electrons. The number of nitrogens with zero attached hydrogens (tertiary/aromatic N) is 1. The van der Waals surface area contributed by atoms with Gasteiger partial charge in [-0.25, -0.2) is 4.98 Å². The van der Waals surface area contributed by atoms with Gasteiger partial charge in [0, 0.05) is 11.9 Å². The van der Waals surface area contributed by atoms with Gasteiger partial charge in [0.1, 0.15) is 6.04 Å². The molecule has 1 fully saturated rings. The summed E-state index contributed by atoms with van der Waals surface area (Å²) in [6.45, 7) is 3.19. The first-order valence-electron chi connectivity index (χ1n) is 7.27. The fraction of sp³-hybridized carbons (Fsp3) is 0.714. The molecule has 1 aliphatic carbocycles. The van der Waals surface area contributed by atoms with E-state index in [1.807, 2.05) is 0 Å². The normalized spacial score (nSPS) is 24.3. The lowest BCUT2D eigenvalue weighted by Crippen LogP contribution is -2.22. The number of carbonyl (C=O) groups is 1. The molecule has 0 aromatic carbocycles. The fourth-order valence-electron chi connectivity index (χ4n) is 2.71. The molecule has 1 aromatic heterocycles. The molecule has 4 N–H and O–H groups in total. The monoisotopic (exact) mass is 297 g/mol. The molecule has 0 saturated heterocycles. The zero-order chi connectivity index (χ0) is 14.5. The lowest BCUT2D eigenvalue weighted by molar-refractivity contribution is -0.138. The van der Waals surface area contributed by atoms with Crippen LogP contribution in [0.25, 0.3) is 0 Å². The summed E-state index contributed by atoms with van der Waals surface area (Å²) in [7, 11) is 0. The first-order chi connectivity index (χ1) is 9.60. The number of rotatable bonds is 6. The number of nitrogens with one attached hydrogen (secondary N) is 1. The fourth-order valence-corrected chi connectivity index (χ4v) is 3.47. The maximum absolute atomic E-state index is 10.8. The lowest BCUT2D eigenvalue weighted by Gasteiger charge is -2.27. The van der Waals surface area contributed by atoms with E-state index >= 15 is 0 Å². The van der Waals surface area contributed by atoms with Crippen molar-refractivity contribution >= 4 is 22.4 Å². The van der Waals surface area contributed by atoms with Crippen LogP contribution in [0, 0.1) is 11.8 Å². The van der Waals surface area contributed by atoms with Gasteiger partial charge in [-0.1, -0.05) is 26.2 Å². The molecular weight excluding hydrogens is 274 g/mol. The third-order valence-electron chi connectivity index (χ3n) is 4.19. The average Bonchev–Trinajstić information content (AvgIpc) is 2.93. The first-order valence-corrected chi connectivity index (χ1v) is 8.15. The third-order valence-corrected chi connectivity index (χ3v) is 5.01. The van der Waals surface area contributed by atoms with E-state index in [0.717, 1.165) is 17.6 Å². The number of aliphatic carboxylic acids is 1. The molecule has 1 heterocycles.